The lowest BCUT2D eigenvalue weighted by molar-refractivity contribution is 0.470. The third kappa shape index (κ3) is 6.66. The lowest BCUT2D eigenvalue weighted by atomic mass is 9.93. The Morgan fingerprint density at radius 3 is 2.61 bits per heavy atom. The van der Waals surface area contributed by atoms with Gasteiger partial charge in [-0.15, -0.1) is 0 Å². The van der Waals surface area contributed by atoms with Crippen molar-refractivity contribution in [3.63, 3.8) is 0 Å². The Bertz CT molecular complexity index is 691. The van der Waals surface area contributed by atoms with Gasteiger partial charge in [-0.1, -0.05) is 50.3 Å². The maximum atomic E-state index is 6.09. The topological polar surface area (TPSA) is 18.8 Å². The average Bonchev–Trinajstić information content (AvgIpc) is 2.68. The van der Waals surface area contributed by atoms with E-state index in [0.29, 0.717) is 12.5 Å². The van der Waals surface area contributed by atoms with Gasteiger partial charge in [-0.05, 0) is 56.7 Å². The van der Waals surface area contributed by atoms with Gasteiger partial charge >= 0.3 is 0 Å². The van der Waals surface area contributed by atoms with Crippen LogP contribution in [0.3, 0.4) is 0 Å². The van der Waals surface area contributed by atoms with Crippen molar-refractivity contribution in [2.75, 3.05) is 27.2 Å². The van der Waals surface area contributed by atoms with Crippen molar-refractivity contribution in [1.29, 1.82) is 0 Å². The van der Waals surface area contributed by atoms with Gasteiger partial charge in [-0.3, -0.25) is 4.99 Å². The maximum Gasteiger partial charge on any atom is 0.183 e. The third-order valence-corrected chi connectivity index (χ3v) is 5.81. The molecule has 1 unspecified atom stereocenters. The molecule has 1 atom stereocenters. The normalized spacial score (nSPS) is 19.5. The SMILES string of the molecule is [B]N1CC/C(=C(/C)N(C)C)C(=NC(=C)C(CC)CCCCc2ccccc2)C1. The predicted molar refractivity (Wildman–Crippen MR) is 123 cm³/mol. The summed E-state index contributed by atoms with van der Waals surface area (Å²) in [4.78, 5) is 9.02. The number of aliphatic imine (C=N–C) groups is 1. The van der Waals surface area contributed by atoms with Crippen LogP contribution in [0.2, 0.25) is 0 Å². The van der Waals surface area contributed by atoms with E-state index in [9.17, 15) is 0 Å². The second-order valence-corrected chi connectivity index (χ2v) is 8.07. The number of unbranched alkanes of at least 4 members (excludes halogenated alkanes) is 1. The monoisotopic (exact) mass is 377 g/mol. The maximum absolute atomic E-state index is 6.09. The summed E-state index contributed by atoms with van der Waals surface area (Å²) in [6.45, 7) is 10.3. The molecule has 1 aromatic carbocycles. The van der Waals surface area contributed by atoms with Crippen LogP contribution in [-0.2, 0) is 6.42 Å². The van der Waals surface area contributed by atoms with E-state index in [0.717, 1.165) is 43.6 Å². The number of nitrogens with zero attached hydrogens (tertiary/aromatic N) is 3. The number of aryl methyl sites for hydroxylation is 1. The van der Waals surface area contributed by atoms with Crippen LogP contribution in [0.1, 0.15) is 51.5 Å². The van der Waals surface area contributed by atoms with E-state index in [4.69, 9.17) is 13.0 Å². The molecule has 0 bridgehead atoms. The minimum atomic E-state index is 0.442. The first-order chi connectivity index (χ1) is 13.4. The zero-order chi connectivity index (χ0) is 20.5. The molecule has 1 saturated heterocycles. The van der Waals surface area contributed by atoms with Crippen LogP contribution in [0.15, 0.2) is 58.9 Å². The molecule has 0 N–H and O–H groups in total. The number of benzene rings is 1. The van der Waals surface area contributed by atoms with Crippen LogP contribution >= 0.6 is 0 Å². The molecule has 0 aromatic heterocycles. The minimum Gasteiger partial charge on any atom is -0.381 e. The summed E-state index contributed by atoms with van der Waals surface area (Å²) in [7, 11) is 10.3. The van der Waals surface area contributed by atoms with E-state index in [1.54, 1.807) is 0 Å². The van der Waals surface area contributed by atoms with Gasteiger partial charge in [0.25, 0.3) is 0 Å². The fourth-order valence-electron chi connectivity index (χ4n) is 3.76. The molecule has 1 aliphatic heterocycles. The molecule has 1 heterocycles. The van der Waals surface area contributed by atoms with Gasteiger partial charge in [-0.25, -0.2) is 0 Å². The Balaban J connectivity index is 1.98. The molecule has 1 aromatic rings. The van der Waals surface area contributed by atoms with Gasteiger partial charge < -0.3 is 9.71 Å². The molecule has 0 saturated carbocycles. The highest BCUT2D eigenvalue weighted by Gasteiger charge is 2.21. The second-order valence-electron chi connectivity index (χ2n) is 8.07. The Labute approximate surface area is 173 Å². The van der Waals surface area contributed by atoms with E-state index in [-0.39, 0.29) is 0 Å². The first-order valence-electron chi connectivity index (χ1n) is 10.6. The van der Waals surface area contributed by atoms with Crippen molar-refractivity contribution >= 4 is 13.7 Å². The quantitative estimate of drug-likeness (QED) is 0.445. The molecular formula is C24H36BN3. The van der Waals surface area contributed by atoms with Crippen LogP contribution in [0.4, 0.5) is 0 Å². The Hall–Kier alpha value is -1.81. The second kappa shape index (κ2) is 11.3. The lowest BCUT2D eigenvalue weighted by Gasteiger charge is -2.30. The highest BCUT2D eigenvalue weighted by atomic mass is 15.1. The van der Waals surface area contributed by atoms with E-state index < -0.39 is 0 Å². The third-order valence-electron chi connectivity index (χ3n) is 5.81. The van der Waals surface area contributed by atoms with Crippen LogP contribution < -0.4 is 0 Å². The van der Waals surface area contributed by atoms with Crippen LogP contribution in [0.25, 0.3) is 0 Å². The minimum absolute atomic E-state index is 0.442. The number of hydrogen-bond acceptors (Lipinski definition) is 3. The fourth-order valence-corrected chi connectivity index (χ4v) is 3.76. The first-order valence-corrected chi connectivity index (χ1v) is 10.6. The summed E-state index contributed by atoms with van der Waals surface area (Å²) in [6.07, 6.45) is 6.75. The summed E-state index contributed by atoms with van der Waals surface area (Å²) < 4.78 is 0. The van der Waals surface area contributed by atoms with Crippen molar-refractivity contribution < 1.29 is 0 Å². The van der Waals surface area contributed by atoms with Gasteiger partial charge in [0.1, 0.15) is 0 Å². The van der Waals surface area contributed by atoms with Gasteiger partial charge in [-0.2, -0.15) is 0 Å². The molecule has 28 heavy (non-hydrogen) atoms. The average molecular weight is 377 g/mol. The first kappa shape index (κ1) is 22.5. The molecule has 2 rings (SSSR count). The van der Waals surface area contributed by atoms with Gasteiger partial charge in [0.2, 0.25) is 0 Å². The summed E-state index contributed by atoms with van der Waals surface area (Å²) in [5.74, 6) is 0.442. The van der Waals surface area contributed by atoms with E-state index in [1.807, 2.05) is 4.81 Å². The van der Waals surface area contributed by atoms with E-state index >= 15 is 0 Å². The van der Waals surface area contributed by atoms with Crippen molar-refractivity contribution in [3.8, 4) is 0 Å². The predicted octanol–water partition coefficient (Wildman–Crippen LogP) is 5.01. The highest BCUT2D eigenvalue weighted by molar-refractivity contribution is 6.11. The molecule has 0 aliphatic carbocycles. The Kier molecular flexibility index (Phi) is 9.04. The summed E-state index contributed by atoms with van der Waals surface area (Å²) in [5.41, 5.74) is 6.13. The number of rotatable bonds is 9. The lowest BCUT2D eigenvalue weighted by Crippen LogP contribution is -2.36. The Morgan fingerprint density at radius 2 is 1.96 bits per heavy atom. The van der Waals surface area contributed by atoms with Crippen LogP contribution in [0.5, 0.6) is 0 Å². The molecule has 0 amide bonds. The van der Waals surface area contributed by atoms with Crippen molar-refractivity contribution in [2.24, 2.45) is 10.9 Å². The molecule has 2 radical (unpaired) electrons. The molecular weight excluding hydrogens is 341 g/mol. The molecule has 150 valence electrons. The van der Waals surface area contributed by atoms with Gasteiger partial charge in [0, 0.05) is 38.0 Å². The molecule has 0 spiro atoms. The number of piperidine rings is 1. The van der Waals surface area contributed by atoms with Crippen molar-refractivity contribution in [3.05, 3.63) is 59.4 Å². The van der Waals surface area contributed by atoms with E-state index in [2.05, 4.69) is 69.8 Å². The van der Waals surface area contributed by atoms with E-state index in [1.165, 1.54) is 29.7 Å². The van der Waals surface area contributed by atoms with Crippen LogP contribution in [0, 0.1) is 5.92 Å². The summed E-state index contributed by atoms with van der Waals surface area (Å²) in [5, 5.41) is 0. The molecule has 1 aliphatic rings. The number of allylic oxidation sites excluding steroid dienone is 2. The smallest absolute Gasteiger partial charge is 0.183 e. The summed E-state index contributed by atoms with van der Waals surface area (Å²) >= 11 is 0. The molecule has 4 heteroatoms. The van der Waals surface area contributed by atoms with Gasteiger partial charge in [0.05, 0.1) is 5.71 Å². The van der Waals surface area contributed by atoms with Crippen LogP contribution in [-0.4, -0.2) is 50.6 Å². The van der Waals surface area contributed by atoms with Crippen molar-refractivity contribution in [1.82, 2.24) is 9.71 Å². The zero-order valence-corrected chi connectivity index (χ0v) is 18.2. The zero-order valence-electron chi connectivity index (χ0n) is 18.2. The van der Waals surface area contributed by atoms with Crippen molar-refractivity contribution in [2.45, 2.75) is 52.4 Å². The highest BCUT2D eigenvalue weighted by Crippen LogP contribution is 2.25. The standard InChI is InChI=1S/C24H36BN3/c1-6-22(15-11-10-14-21-12-8-7-9-13-21)19(2)26-24-18-28(25)17-16-23(24)20(3)27(4)5/h7-9,12-13,22H,2,6,10-11,14-18H2,1,3-5H3/b23-20+,26-24?. The Morgan fingerprint density at radius 1 is 1.25 bits per heavy atom. The molecule has 1 fully saturated rings. The van der Waals surface area contributed by atoms with Gasteiger partial charge in [0.15, 0.2) is 7.98 Å². The largest absolute Gasteiger partial charge is 0.381 e. The fraction of sp³-hybridized carbons (Fsp3) is 0.542. The summed E-state index contributed by atoms with van der Waals surface area (Å²) in [6, 6.07) is 10.7. The molecule has 3 nitrogen and oxygen atoms in total. The number of hydrogen-bond donors (Lipinski definition) is 0.